The average Bonchev–Trinajstić information content (AvgIpc) is 2.50. The smallest absolute Gasteiger partial charge is 0.251 e. The van der Waals surface area contributed by atoms with E-state index in [-0.39, 0.29) is 5.91 Å². The minimum Gasteiger partial charge on any atom is -0.398 e. The van der Waals surface area contributed by atoms with Crippen LogP contribution in [0.25, 0.3) is 0 Å². The van der Waals surface area contributed by atoms with Crippen molar-refractivity contribution in [3.63, 3.8) is 0 Å². The highest BCUT2D eigenvalue weighted by molar-refractivity contribution is 5.95. The molecule has 3 N–H and O–H groups in total. The molecular formula is C15H25N3O3. The second kappa shape index (κ2) is 9.33. The minimum absolute atomic E-state index is 0.135. The highest BCUT2D eigenvalue weighted by Crippen LogP contribution is 2.16. The molecule has 0 aromatic heterocycles. The summed E-state index contributed by atoms with van der Waals surface area (Å²) in [5, 5.41) is 2.59. The lowest BCUT2D eigenvalue weighted by atomic mass is 10.1. The topological polar surface area (TPSA) is 76.8 Å². The van der Waals surface area contributed by atoms with Crippen LogP contribution in [0.2, 0.25) is 0 Å². The van der Waals surface area contributed by atoms with E-state index in [4.69, 9.17) is 15.2 Å². The van der Waals surface area contributed by atoms with Crippen LogP contribution in [0.5, 0.6) is 0 Å². The van der Waals surface area contributed by atoms with Crippen LogP contribution < -0.4 is 11.1 Å². The van der Waals surface area contributed by atoms with Gasteiger partial charge in [-0.3, -0.25) is 9.69 Å². The van der Waals surface area contributed by atoms with Crippen molar-refractivity contribution in [3.8, 4) is 0 Å². The number of benzene rings is 1. The van der Waals surface area contributed by atoms with Gasteiger partial charge in [-0.25, -0.2) is 0 Å². The van der Waals surface area contributed by atoms with E-state index >= 15 is 0 Å². The highest BCUT2D eigenvalue weighted by Gasteiger charge is 2.10. The fourth-order valence-corrected chi connectivity index (χ4v) is 1.98. The number of anilines is 1. The molecule has 0 atom stereocenters. The molecule has 6 nitrogen and oxygen atoms in total. The van der Waals surface area contributed by atoms with E-state index in [1.807, 2.05) is 6.07 Å². The molecule has 0 heterocycles. The van der Waals surface area contributed by atoms with Crippen molar-refractivity contribution in [3.05, 3.63) is 29.3 Å². The lowest BCUT2D eigenvalue weighted by Crippen LogP contribution is -2.30. The van der Waals surface area contributed by atoms with E-state index in [9.17, 15) is 4.79 Å². The van der Waals surface area contributed by atoms with Crippen molar-refractivity contribution in [2.75, 3.05) is 53.3 Å². The minimum atomic E-state index is -0.135. The number of carbonyl (C=O) groups excluding carboxylic acids is 1. The molecule has 0 unspecified atom stereocenters. The quantitative estimate of drug-likeness (QED) is 0.657. The zero-order valence-electron chi connectivity index (χ0n) is 13.0. The second-order valence-electron chi connectivity index (χ2n) is 4.75. The summed E-state index contributed by atoms with van der Waals surface area (Å²) in [4.78, 5) is 13.8. The molecule has 1 aromatic carbocycles. The standard InChI is InChI=1S/C15H25N3O3/c1-17-15(19)12-4-5-13(14(16)10-12)11-18(6-8-20-2)7-9-21-3/h4-5,10H,6-9,11,16H2,1-3H3,(H,17,19). The molecule has 0 aliphatic rings. The van der Waals surface area contributed by atoms with Gasteiger partial charge in [-0.1, -0.05) is 6.07 Å². The van der Waals surface area contributed by atoms with E-state index in [0.717, 1.165) is 18.7 Å². The molecule has 21 heavy (non-hydrogen) atoms. The number of methoxy groups -OCH3 is 2. The summed E-state index contributed by atoms with van der Waals surface area (Å²) < 4.78 is 10.2. The first-order valence-electron chi connectivity index (χ1n) is 6.93. The summed E-state index contributed by atoms with van der Waals surface area (Å²) >= 11 is 0. The van der Waals surface area contributed by atoms with Gasteiger partial charge in [0.15, 0.2) is 0 Å². The summed E-state index contributed by atoms with van der Waals surface area (Å²) in [6.07, 6.45) is 0. The fraction of sp³-hybridized carbons (Fsp3) is 0.533. The molecule has 0 aliphatic carbocycles. The molecule has 118 valence electrons. The molecule has 6 heteroatoms. The fourth-order valence-electron chi connectivity index (χ4n) is 1.98. The molecule has 1 rings (SSSR count). The number of rotatable bonds is 9. The Bertz CT molecular complexity index is 444. The van der Waals surface area contributed by atoms with Gasteiger partial charge in [0.05, 0.1) is 13.2 Å². The maximum Gasteiger partial charge on any atom is 0.251 e. The number of hydrogen-bond acceptors (Lipinski definition) is 5. The highest BCUT2D eigenvalue weighted by atomic mass is 16.5. The Morgan fingerprint density at radius 1 is 1.24 bits per heavy atom. The van der Waals surface area contributed by atoms with Crippen molar-refractivity contribution in [2.24, 2.45) is 0 Å². The van der Waals surface area contributed by atoms with Crippen LogP contribution in [-0.2, 0) is 16.0 Å². The zero-order valence-corrected chi connectivity index (χ0v) is 13.0. The molecule has 0 saturated carbocycles. The maximum absolute atomic E-state index is 11.6. The Balaban J connectivity index is 2.75. The first-order valence-corrected chi connectivity index (χ1v) is 6.93. The Kier molecular flexibility index (Phi) is 7.74. The van der Waals surface area contributed by atoms with Crippen LogP contribution in [0.1, 0.15) is 15.9 Å². The zero-order chi connectivity index (χ0) is 15.7. The van der Waals surface area contributed by atoms with Gasteiger partial charge in [-0.2, -0.15) is 0 Å². The molecule has 1 amide bonds. The van der Waals surface area contributed by atoms with Crippen molar-refractivity contribution in [2.45, 2.75) is 6.54 Å². The Morgan fingerprint density at radius 3 is 2.33 bits per heavy atom. The summed E-state index contributed by atoms with van der Waals surface area (Å²) in [5.74, 6) is -0.135. The van der Waals surface area contributed by atoms with E-state index in [1.165, 1.54) is 0 Å². The lowest BCUT2D eigenvalue weighted by molar-refractivity contribution is 0.0963. The van der Waals surface area contributed by atoms with Gasteiger partial charge in [0.25, 0.3) is 5.91 Å². The number of hydrogen-bond donors (Lipinski definition) is 2. The van der Waals surface area contributed by atoms with Crippen LogP contribution in [0.4, 0.5) is 5.69 Å². The third kappa shape index (κ3) is 5.71. The van der Waals surface area contributed by atoms with Crippen molar-refractivity contribution in [1.82, 2.24) is 10.2 Å². The second-order valence-corrected chi connectivity index (χ2v) is 4.75. The SMILES string of the molecule is CNC(=O)c1ccc(CN(CCOC)CCOC)c(N)c1. The predicted molar refractivity (Wildman–Crippen MR) is 83.3 cm³/mol. The first kappa shape index (κ1) is 17.4. The van der Waals surface area contributed by atoms with E-state index in [2.05, 4.69) is 10.2 Å². The van der Waals surface area contributed by atoms with Gasteiger partial charge in [0, 0.05) is 52.2 Å². The van der Waals surface area contributed by atoms with Crippen LogP contribution in [0.15, 0.2) is 18.2 Å². The number of amides is 1. The number of ether oxygens (including phenoxy) is 2. The largest absolute Gasteiger partial charge is 0.398 e. The third-order valence-corrected chi connectivity index (χ3v) is 3.25. The number of nitrogens with one attached hydrogen (secondary N) is 1. The Labute approximate surface area is 126 Å². The molecule has 0 aliphatic heterocycles. The maximum atomic E-state index is 11.6. The molecule has 0 fully saturated rings. The van der Waals surface area contributed by atoms with Crippen molar-refractivity contribution < 1.29 is 14.3 Å². The van der Waals surface area contributed by atoms with Crippen LogP contribution in [0.3, 0.4) is 0 Å². The number of carbonyl (C=O) groups is 1. The average molecular weight is 295 g/mol. The predicted octanol–water partition coefficient (Wildman–Crippen LogP) is 0.723. The lowest BCUT2D eigenvalue weighted by Gasteiger charge is -2.22. The Morgan fingerprint density at radius 2 is 1.86 bits per heavy atom. The summed E-state index contributed by atoms with van der Waals surface area (Å²) in [5.41, 5.74) is 8.24. The van der Waals surface area contributed by atoms with E-state index in [0.29, 0.717) is 31.0 Å². The van der Waals surface area contributed by atoms with Crippen molar-refractivity contribution in [1.29, 1.82) is 0 Å². The van der Waals surface area contributed by atoms with E-state index in [1.54, 1.807) is 33.4 Å². The number of nitrogen functional groups attached to an aromatic ring is 1. The first-order chi connectivity index (χ1) is 10.1. The van der Waals surface area contributed by atoms with Crippen molar-refractivity contribution >= 4 is 11.6 Å². The number of nitrogens with zero attached hydrogens (tertiary/aromatic N) is 1. The van der Waals surface area contributed by atoms with Gasteiger partial charge >= 0.3 is 0 Å². The number of nitrogens with two attached hydrogens (primary N) is 1. The van der Waals surface area contributed by atoms with Gasteiger partial charge in [0.1, 0.15) is 0 Å². The normalized spacial score (nSPS) is 10.9. The van der Waals surface area contributed by atoms with Gasteiger partial charge < -0.3 is 20.5 Å². The Hall–Kier alpha value is -1.63. The molecule has 0 bridgehead atoms. The van der Waals surface area contributed by atoms with Gasteiger partial charge in [-0.05, 0) is 17.7 Å². The van der Waals surface area contributed by atoms with Gasteiger partial charge in [-0.15, -0.1) is 0 Å². The summed E-state index contributed by atoms with van der Waals surface area (Å²) in [6.45, 7) is 3.61. The summed E-state index contributed by atoms with van der Waals surface area (Å²) in [7, 11) is 4.96. The van der Waals surface area contributed by atoms with Crippen LogP contribution in [0, 0.1) is 0 Å². The molecule has 0 spiro atoms. The summed E-state index contributed by atoms with van der Waals surface area (Å²) in [6, 6.07) is 5.39. The third-order valence-electron chi connectivity index (χ3n) is 3.25. The van der Waals surface area contributed by atoms with Crippen LogP contribution >= 0.6 is 0 Å². The molecule has 0 saturated heterocycles. The monoisotopic (exact) mass is 295 g/mol. The molecule has 0 radical (unpaired) electrons. The molecular weight excluding hydrogens is 270 g/mol. The molecule has 1 aromatic rings. The van der Waals surface area contributed by atoms with Gasteiger partial charge in [0.2, 0.25) is 0 Å². The van der Waals surface area contributed by atoms with Crippen LogP contribution in [-0.4, -0.2) is 58.4 Å². The van der Waals surface area contributed by atoms with E-state index < -0.39 is 0 Å².